The first kappa shape index (κ1) is 14.7. The number of carbonyl (C=O) groups excluding carboxylic acids is 1. The van der Waals surface area contributed by atoms with Crippen LogP contribution in [0.3, 0.4) is 0 Å². The second-order valence-corrected chi connectivity index (χ2v) is 5.60. The molecule has 1 fully saturated rings. The molecule has 0 aliphatic heterocycles. The number of nitrogens with zero attached hydrogens (tertiary/aromatic N) is 2. The lowest BCUT2D eigenvalue weighted by atomic mass is 9.98. The Bertz CT molecular complexity index is 720. The van der Waals surface area contributed by atoms with E-state index in [0.29, 0.717) is 5.39 Å². The molecule has 1 saturated carbocycles. The lowest BCUT2D eigenvalue weighted by molar-refractivity contribution is -0.141. The predicted octanol–water partition coefficient (Wildman–Crippen LogP) is 1.78. The fourth-order valence-electron chi connectivity index (χ4n) is 2.74. The lowest BCUT2D eigenvalue weighted by Gasteiger charge is -2.21. The molecule has 0 saturated heterocycles. The van der Waals surface area contributed by atoms with E-state index in [1.807, 2.05) is 12.1 Å². The van der Waals surface area contributed by atoms with Gasteiger partial charge >= 0.3 is 0 Å². The summed E-state index contributed by atoms with van der Waals surface area (Å²) in [4.78, 5) is 29.6. The van der Waals surface area contributed by atoms with Crippen molar-refractivity contribution in [2.75, 3.05) is 0 Å². The molecule has 116 valence electrons. The van der Waals surface area contributed by atoms with E-state index in [-0.39, 0.29) is 24.1 Å². The first-order valence-electron chi connectivity index (χ1n) is 7.63. The monoisotopic (exact) mass is 301 g/mol. The van der Waals surface area contributed by atoms with E-state index >= 15 is 0 Å². The van der Waals surface area contributed by atoms with Crippen molar-refractivity contribution in [3.8, 4) is 0 Å². The molecular weight excluding hydrogens is 282 g/mol. The normalized spacial score (nSPS) is 15.8. The summed E-state index contributed by atoms with van der Waals surface area (Å²) in [6.45, 7) is -0.142. The molecule has 1 aliphatic rings. The zero-order valence-electron chi connectivity index (χ0n) is 12.3. The van der Waals surface area contributed by atoms with Crippen LogP contribution in [0.1, 0.15) is 32.1 Å². The third kappa shape index (κ3) is 3.33. The zero-order chi connectivity index (χ0) is 15.4. The highest BCUT2D eigenvalue weighted by molar-refractivity contribution is 5.81. The third-order valence-corrected chi connectivity index (χ3v) is 3.95. The van der Waals surface area contributed by atoms with Crippen molar-refractivity contribution in [2.24, 2.45) is 0 Å². The summed E-state index contributed by atoms with van der Waals surface area (Å²) >= 11 is 0. The van der Waals surface area contributed by atoms with Crippen molar-refractivity contribution in [3.05, 3.63) is 40.8 Å². The van der Waals surface area contributed by atoms with E-state index in [1.165, 1.54) is 6.42 Å². The minimum atomic E-state index is -0.365. The van der Waals surface area contributed by atoms with Crippen molar-refractivity contribution in [3.63, 3.8) is 0 Å². The summed E-state index contributed by atoms with van der Waals surface area (Å²) in [7, 11) is 0. The number of rotatable bonds is 4. The van der Waals surface area contributed by atoms with Gasteiger partial charge in [-0.05, 0) is 18.9 Å². The lowest BCUT2D eigenvalue weighted by Crippen LogP contribution is -2.36. The molecule has 0 atom stereocenters. The zero-order valence-corrected chi connectivity index (χ0v) is 12.3. The highest BCUT2D eigenvalue weighted by atomic mass is 16.7. The molecule has 0 bridgehead atoms. The van der Waals surface area contributed by atoms with Crippen LogP contribution in [0.25, 0.3) is 10.8 Å². The molecule has 0 radical (unpaired) electrons. The van der Waals surface area contributed by atoms with Crippen LogP contribution in [0.5, 0.6) is 0 Å². The van der Waals surface area contributed by atoms with Crippen molar-refractivity contribution in [2.45, 2.75) is 44.8 Å². The van der Waals surface area contributed by atoms with Gasteiger partial charge in [0.25, 0.3) is 11.5 Å². The number of hydrogen-bond donors (Lipinski definition) is 1. The number of carbonyl (C=O) groups is 1. The fourth-order valence-corrected chi connectivity index (χ4v) is 2.74. The van der Waals surface area contributed by atoms with Gasteiger partial charge in [0.15, 0.2) is 0 Å². The number of benzene rings is 1. The average Bonchev–Trinajstić information content (AvgIpc) is 2.57. The minimum Gasteiger partial charge on any atom is -0.271 e. The molecule has 0 unspecified atom stereocenters. The topological polar surface area (TPSA) is 73.2 Å². The average molecular weight is 301 g/mol. The number of fused-ring (bicyclic) bond motifs is 1. The van der Waals surface area contributed by atoms with E-state index < -0.39 is 0 Å². The summed E-state index contributed by atoms with van der Waals surface area (Å²) < 4.78 is 1.15. The number of hydroxylamine groups is 1. The standard InChI is InChI=1S/C16H19N3O3/c20-15(18-22-13-7-2-1-3-8-13)11-19-16(21)14-9-5-4-6-12(14)10-17-19/h4-6,9-10,13H,1-3,7-8,11H2,(H,18,20). The molecule has 0 spiro atoms. The van der Waals surface area contributed by atoms with Crippen molar-refractivity contribution < 1.29 is 9.63 Å². The summed E-state index contributed by atoms with van der Waals surface area (Å²) in [6.07, 6.45) is 7.09. The number of aromatic nitrogens is 2. The van der Waals surface area contributed by atoms with Gasteiger partial charge in [0.05, 0.1) is 17.7 Å². The summed E-state index contributed by atoms with van der Waals surface area (Å²) in [5.74, 6) is -0.365. The maximum atomic E-state index is 12.2. The van der Waals surface area contributed by atoms with Gasteiger partial charge in [0.2, 0.25) is 0 Å². The molecule has 1 amide bonds. The Morgan fingerprint density at radius 3 is 2.86 bits per heavy atom. The number of amides is 1. The van der Waals surface area contributed by atoms with Gasteiger partial charge in [0, 0.05) is 5.39 Å². The van der Waals surface area contributed by atoms with Gasteiger partial charge in [-0.1, -0.05) is 37.5 Å². The number of nitrogens with one attached hydrogen (secondary N) is 1. The first-order valence-corrected chi connectivity index (χ1v) is 7.63. The van der Waals surface area contributed by atoms with Crippen LogP contribution >= 0.6 is 0 Å². The molecule has 1 aromatic carbocycles. The molecule has 6 nitrogen and oxygen atoms in total. The van der Waals surface area contributed by atoms with Gasteiger partial charge in [-0.2, -0.15) is 5.10 Å². The molecule has 3 rings (SSSR count). The molecule has 1 heterocycles. The van der Waals surface area contributed by atoms with Gasteiger partial charge in [0.1, 0.15) is 6.54 Å². The minimum absolute atomic E-state index is 0.0824. The Labute approximate surface area is 128 Å². The van der Waals surface area contributed by atoms with E-state index in [2.05, 4.69) is 10.6 Å². The van der Waals surface area contributed by atoms with E-state index in [0.717, 1.165) is 35.8 Å². The highest BCUT2D eigenvalue weighted by Gasteiger charge is 2.16. The van der Waals surface area contributed by atoms with Gasteiger partial charge < -0.3 is 0 Å². The molecule has 2 aromatic rings. The van der Waals surface area contributed by atoms with Crippen LogP contribution < -0.4 is 11.0 Å². The predicted molar refractivity (Wildman–Crippen MR) is 82.1 cm³/mol. The van der Waals surface area contributed by atoms with Gasteiger partial charge in [-0.15, -0.1) is 0 Å². The summed E-state index contributed by atoms with van der Waals surface area (Å²) in [5, 5.41) is 5.35. The Hall–Kier alpha value is -2.21. The third-order valence-electron chi connectivity index (χ3n) is 3.95. The van der Waals surface area contributed by atoms with E-state index in [1.54, 1.807) is 18.3 Å². The second kappa shape index (κ2) is 6.70. The molecule has 6 heteroatoms. The van der Waals surface area contributed by atoms with Crippen molar-refractivity contribution in [1.29, 1.82) is 0 Å². The largest absolute Gasteiger partial charge is 0.275 e. The highest BCUT2D eigenvalue weighted by Crippen LogP contribution is 2.19. The van der Waals surface area contributed by atoms with Crippen LogP contribution in [-0.2, 0) is 16.2 Å². The summed E-state index contributed by atoms with van der Waals surface area (Å²) in [5.41, 5.74) is 2.17. The smallest absolute Gasteiger partial charge is 0.271 e. The van der Waals surface area contributed by atoms with Crippen LogP contribution in [0, 0.1) is 0 Å². The molecular formula is C16H19N3O3. The van der Waals surface area contributed by atoms with Crippen LogP contribution in [0.2, 0.25) is 0 Å². The maximum Gasteiger partial charge on any atom is 0.275 e. The SMILES string of the molecule is O=C(Cn1ncc2ccccc2c1=O)NOC1CCCCC1. The van der Waals surface area contributed by atoms with Crippen LogP contribution in [-0.4, -0.2) is 21.8 Å². The number of hydrogen-bond acceptors (Lipinski definition) is 4. The van der Waals surface area contributed by atoms with E-state index in [9.17, 15) is 9.59 Å². The Morgan fingerprint density at radius 2 is 2.05 bits per heavy atom. The Morgan fingerprint density at radius 1 is 1.27 bits per heavy atom. The maximum absolute atomic E-state index is 12.2. The van der Waals surface area contributed by atoms with Crippen LogP contribution in [0.15, 0.2) is 35.3 Å². The molecule has 22 heavy (non-hydrogen) atoms. The summed E-state index contributed by atoms with van der Waals surface area (Å²) in [6, 6.07) is 7.19. The van der Waals surface area contributed by atoms with Crippen molar-refractivity contribution >= 4 is 16.7 Å². The second-order valence-electron chi connectivity index (χ2n) is 5.60. The first-order chi connectivity index (χ1) is 10.7. The van der Waals surface area contributed by atoms with Gasteiger partial charge in [-0.25, -0.2) is 10.2 Å². The van der Waals surface area contributed by atoms with Gasteiger partial charge in [-0.3, -0.25) is 14.4 Å². The van der Waals surface area contributed by atoms with Crippen molar-refractivity contribution in [1.82, 2.24) is 15.3 Å². The molecule has 1 aliphatic carbocycles. The molecule has 1 N–H and O–H groups in total. The van der Waals surface area contributed by atoms with Crippen LogP contribution in [0.4, 0.5) is 0 Å². The quantitative estimate of drug-likeness (QED) is 0.874. The fraction of sp³-hybridized carbons (Fsp3) is 0.438. The van der Waals surface area contributed by atoms with E-state index in [4.69, 9.17) is 4.84 Å². The Kier molecular flexibility index (Phi) is 4.48. The Balaban J connectivity index is 1.63. The molecule has 1 aromatic heterocycles.